The van der Waals surface area contributed by atoms with Crippen LogP contribution in [-0.2, 0) is 38.0 Å². The number of hydrogen-bond donors (Lipinski definition) is 0. The van der Waals surface area contributed by atoms with Crippen LogP contribution in [0.2, 0.25) is 0 Å². The molecule has 0 unspecified atom stereocenters. The fraction of sp³-hybridized carbons (Fsp3) is 0.643. The first kappa shape index (κ1) is 14.2. The van der Waals surface area contributed by atoms with Gasteiger partial charge in [-0.05, 0) is 13.3 Å². The minimum atomic E-state index is 0.548. The van der Waals surface area contributed by atoms with Gasteiger partial charge in [0.2, 0.25) is 0 Å². The van der Waals surface area contributed by atoms with Crippen molar-refractivity contribution in [1.29, 1.82) is 0 Å². The molecule has 0 bridgehead atoms. The Kier molecular flexibility index (Phi) is 4.31. The summed E-state index contributed by atoms with van der Waals surface area (Å²) in [5.74, 6) is 0. The van der Waals surface area contributed by atoms with Crippen LogP contribution >= 0.6 is 0 Å². The molecule has 0 saturated heterocycles. The molecule has 114 valence electrons. The molecule has 7 heteroatoms. The van der Waals surface area contributed by atoms with E-state index >= 15 is 0 Å². The predicted molar refractivity (Wildman–Crippen MR) is 77.3 cm³/mol. The average molecular weight is 290 g/mol. The molecule has 0 N–H and O–H groups in total. The molecule has 0 fully saturated rings. The van der Waals surface area contributed by atoms with Crippen molar-refractivity contribution in [3.63, 3.8) is 0 Å². The van der Waals surface area contributed by atoms with Crippen LogP contribution in [0.25, 0.3) is 0 Å². The lowest BCUT2D eigenvalue weighted by Crippen LogP contribution is -2.23. The number of nitrogens with zero attached hydrogens (tertiary/aromatic N) is 6. The Morgan fingerprint density at radius 3 is 3.00 bits per heavy atom. The summed E-state index contributed by atoms with van der Waals surface area (Å²) in [6.45, 7) is 7.01. The first-order valence-corrected chi connectivity index (χ1v) is 7.45. The van der Waals surface area contributed by atoms with Gasteiger partial charge in [-0.15, -0.1) is 5.10 Å². The van der Waals surface area contributed by atoms with Crippen LogP contribution in [0.5, 0.6) is 0 Å². The van der Waals surface area contributed by atoms with E-state index in [2.05, 4.69) is 26.5 Å². The number of ether oxygens (including phenoxy) is 1. The van der Waals surface area contributed by atoms with E-state index in [-0.39, 0.29) is 0 Å². The molecule has 0 spiro atoms. The second-order valence-electron chi connectivity index (χ2n) is 5.43. The minimum absolute atomic E-state index is 0.548. The molecule has 0 radical (unpaired) electrons. The fourth-order valence-electron chi connectivity index (χ4n) is 2.71. The van der Waals surface area contributed by atoms with Gasteiger partial charge in [0, 0.05) is 51.6 Å². The van der Waals surface area contributed by atoms with E-state index in [4.69, 9.17) is 4.74 Å². The fourth-order valence-corrected chi connectivity index (χ4v) is 2.71. The lowest BCUT2D eigenvalue weighted by Gasteiger charge is -2.18. The lowest BCUT2D eigenvalue weighted by atomic mass is 10.2. The first-order chi connectivity index (χ1) is 10.3. The highest BCUT2D eigenvalue weighted by Crippen LogP contribution is 2.17. The molecule has 7 nitrogen and oxygen atoms in total. The summed E-state index contributed by atoms with van der Waals surface area (Å²) in [6.07, 6.45) is 5.09. The van der Waals surface area contributed by atoms with Crippen LogP contribution in [-0.4, -0.2) is 42.8 Å². The van der Waals surface area contributed by atoms with Crippen LogP contribution in [0.15, 0.2) is 12.4 Å². The topological polar surface area (TPSA) is 61.0 Å². The number of aryl methyl sites for hydroxylation is 2. The molecule has 1 aliphatic heterocycles. The van der Waals surface area contributed by atoms with Gasteiger partial charge < -0.3 is 4.74 Å². The second-order valence-corrected chi connectivity index (χ2v) is 5.43. The Bertz CT molecular complexity index is 590. The number of rotatable bonds is 5. The van der Waals surface area contributed by atoms with Gasteiger partial charge in [-0.3, -0.25) is 9.58 Å². The molecule has 0 saturated carbocycles. The van der Waals surface area contributed by atoms with E-state index in [1.807, 2.05) is 29.5 Å². The number of fused-ring (bicyclic) bond motifs is 1. The molecule has 2 aromatic heterocycles. The van der Waals surface area contributed by atoms with Crippen molar-refractivity contribution < 1.29 is 4.74 Å². The van der Waals surface area contributed by atoms with E-state index in [1.165, 1.54) is 11.3 Å². The highest BCUT2D eigenvalue weighted by molar-refractivity contribution is 5.11. The summed E-state index contributed by atoms with van der Waals surface area (Å²) in [5.41, 5.74) is 3.39. The molecular weight excluding hydrogens is 268 g/mol. The number of hydrogen-bond acceptors (Lipinski definition) is 5. The maximum absolute atomic E-state index is 5.49. The van der Waals surface area contributed by atoms with Gasteiger partial charge in [0.15, 0.2) is 0 Å². The van der Waals surface area contributed by atoms with E-state index < -0.39 is 0 Å². The zero-order chi connectivity index (χ0) is 14.7. The Labute approximate surface area is 124 Å². The molecule has 0 atom stereocenters. The van der Waals surface area contributed by atoms with Crippen molar-refractivity contribution in [3.05, 3.63) is 29.3 Å². The molecule has 3 heterocycles. The third-order valence-corrected chi connectivity index (χ3v) is 3.74. The standard InChI is InChI=1S/C14H22N6O/c1-3-21-11-13-14-10-19(5-4-6-20(14)17-16-13)9-12-7-15-18(2)8-12/h7-8H,3-6,9-11H2,1-2H3. The summed E-state index contributed by atoms with van der Waals surface area (Å²) in [6, 6.07) is 0. The van der Waals surface area contributed by atoms with Crippen LogP contribution < -0.4 is 0 Å². The van der Waals surface area contributed by atoms with Crippen molar-refractivity contribution in [2.75, 3.05) is 13.2 Å². The van der Waals surface area contributed by atoms with E-state index in [0.29, 0.717) is 13.2 Å². The van der Waals surface area contributed by atoms with Crippen LogP contribution in [0.1, 0.15) is 30.3 Å². The summed E-state index contributed by atoms with van der Waals surface area (Å²) < 4.78 is 9.37. The minimum Gasteiger partial charge on any atom is -0.375 e. The van der Waals surface area contributed by atoms with Gasteiger partial charge in [0.05, 0.1) is 18.5 Å². The quantitative estimate of drug-likeness (QED) is 0.820. The van der Waals surface area contributed by atoms with Crippen molar-refractivity contribution in [3.8, 4) is 0 Å². The average Bonchev–Trinajstić information content (AvgIpc) is 2.98. The largest absolute Gasteiger partial charge is 0.375 e. The van der Waals surface area contributed by atoms with Crippen molar-refractivity contribution in [1.82, 2.24) is 29.7 Å². The zero-order valence-corrected chi connectivity index (χ0v) is 12.7. The maximum atomic E-state index is 5.49. The molecule has 21 heavy (non-hydrogen) atoms. The van der Waals surface area contributed by atoms with E-state index in [1.54, 1.807) is 0 Å². The molecule has 3 rings (SSSR count). The molecule has 0 amide bonds. The van der Waals surface area contributed by atoms with Gasteiger partial charge >= 0.3 is 0 Å². The normalized spacial score (nSPS) is 15.9. The van der Waals surface area contributed by atoms with Crippen LogP contribution in [0.3, 0.4) is 0 Å². The van der Waals surface area contributed by atoms with Gasteiger partial charge in [0.25, 0.3) is 0 Å². The second kappa shape index (κ2) is 6.36. The molecule has 0 aromatic carbocycles. The predicted octanol–water partition coefficient (Wildman–Crippen LogP) is 0.954. The summed E-state index contributed by atoms with van der Waals surface area (Å²) in [4.78, 5) is 2.43. The van der Waals surface area contributed by atoms with Gasteiger partial charge in [0.1, 0.15) is 5.69 Å². The monoisotopic (exact) mass is 290 g/mol. The van der Waals surface area contributed by atoms with E-state index in [0.717, 1.165) is 38.3 Å². The highest BCUT2D eigenvalue weighted by atomic mass is 16.5. The molecule has 2 aromatic rings. The Morgan fingerprint density at radius 1 is 1.33 bits per heavy atom. The maximum Gasteiger partial charge on any atom is 0.113 e. The highest BCUT2D eigenvalue weighted by Gasteiger charge is 2.20. The van der Waals surface area contributed by atoms with E-state index in [9.17, 15) is 0 Å². The third-order valence-electron chi connectivity index (χ3n) is 3.74. The Balaban J connectivity index is 1.73. The van der Waals surface area contributed by atoms with Crippen molar-refractivity contribution in [2.45, 2.75) is 39.6 Å². The third kappa shape index (κ3) is 3.30. The van der Waals surface area contributed by atoms with Crippen molar-refractivity contribution >= 4 is 0 Å². The first-order valence-electron chi connectivity index (χ1n) is 7.45. The Hall–Kier alpha value is -1.73. The summed E-state index contributed by atoms with van der Waals surface area (Å²) in [7, 11) is 1.95. The lowest BCUT2D eigenvalue weighted by molar-refractivity contribution is 0.129. The van der Waals surface area contributed by atoms with Gasteiger partial charge in [-0.1, -0.05) is 5.21 Å². The van der Waals surface area contributed by atoms with Gasteiger partial charge in [-0.2, -0.15) is 5.10 Å². The van der Waals surface area contributed by atoms with Crippen LogP contribution in [0, 0.1) is 0 Å². The summed E-state index contributed by atoms with van der Waals surface area (Å²) in [5, 5.41) is 12.8. The molecular formula is C14H22N6O. The smallest absolute Gasteiger partial charge is 0.113 e. The SMILES string of the molecule is CCOCc1nnn2c1CN(Cc1cnn(C)c1)CCC2. The van der Waals surface area contributed by atoms with Crippen molar-refractivity contribution in [2.24, 2.45) is 7.05 Å². The summed E-state index contributed by atoms with van der Waals surface area (Å²) >= 11 is 0. The Morgan fingerprint density at radius 2 is 2.24 bits per heavy atom. The van der Waals surface area contributed by atoms with Crippen LogP contribution in [0.4, 0.5) is 0 Å². The molecule has 1 aliphatic rings. The number of aromatic nitrogens is 5. The van der Waals surface area contributed by atoms with Gasteiger partial charge in [-0.25, -0.2) is 4.68 Å². The molecule has 0 aliphatic carbocycles. The zero-order valence-electron chi connectivity index (χ0n) is 12.7.